The number of carboxylic acids is 1. The van der Waals surface area contributed by atoms with Gasteiger partial charge in [-0.05, 0) is 30.9 Å². The third kappa shape index (κ3) is 2.82. The van der Waals surface area contributed by atoms with Gasteiger partial charge in [-0.1, -0.05) is 25.1 Å². The predicted octanol–water partition coefficient (Wildman–Crippen LogP) is 1.93. The van der Waals surface area contributed by atoms with Gasteiger partial charge in [-0.15, -0.1) is 0 Å². The van der Waals surface area contributed by atoms with Crippen LogP contribution in [0, 0.1) is 6.92 Å². The molecule has 1 amide bonds. The number of carbonyl (C=O) groups is 2. The Morgan fingerprint density at radius 3 is 2.70 bits per heavy atom. The van der Waals surface area contributed by atoms with Crippen molar-refractivity contribution in [2.24, 2.45) is 0 Å². The maximum atomic E-state index is 12.0. The minimum atomic E-state index is -1.00. The number of carboxylic acid groups (broad SMARTS) is 1. The summed E-state index contributed by atoms with van der Waals surface area (Å²) in [6, 6.07) is 8.99. The highest BCUT2D eigenvalue weighted by molar-refractivity contribution is 5.86. The summed E-state index contributed by atoms with van der Waals surface area (Å²) in [5, 5.41) is 12.6. The number of hydrogen-bond acceptors (Lipinski definition) is 2. The van der Waals surface area contributed by atoms with E-state index in [2.05, 4.69) is 5.32 Å². The molecule has 0 unspecified atom stereocenters. The number of amides is 1. The average molecular weight is 274 g/mol. The minimum Gasteiger partial charge on any atom is -0.480 e. The fraction of sp³-hybridized carbons (Fsp3) is 0.333. The fourth-order valence-corrected chi connectivity index (χ4v) is 2.28. The number of aromatic nitrogens is 1. The summed E-state index contributed by atoms with van der Waals surface area (Å²) in [4.78, 5) is 22.9. The van der Waals surface area contributed by atoms with E-state index in [1.165, 1.54) is 0 Å². The molecule has 0 radical (unpaired) electrons. The second-order valence-electron chi connectivity index (χ2n) is 4.80. The molecule has 0 aliphatic heterocycles. The first-order valence-corrected chi connectivity index (χ1v) is 6.60. The number of rotatable bonds is 5. The smallest absolute Gasteiger partial charge is 0.326 e. The molecule has 2 N–H and O–H groups in total. The molecule has 0 spiro atoms. The summed E-state index contributed by atoms with van der Waals surface area (Å²) >= 11 is 0. The second-order valence-corrected chi connectivity index (χ2v) is 4.80. The largest absolute Gasteiger partial charge is 0.480 e. The molecule has 0 saturated carbocycles. The molecule has 106 valence electrons. The second kappa shape index (κ2) is 5.77. The van der Waals surface area contributed by atoms with E-state index >= 15 is 0 Å². The molecule has 1 atom stereocenters. The molecule has 2 rings (SSSR count). The van der Waals surface area contributed by atoms with Crippen molar-refractivity contribution in [3.05, 3.63) is 36.0 Å². The lowest BCUT2D eigenvalue weighted by Gasteiger charge is -2.14. The van der Waals surface area contributed by atoms with Crippen LogP contribution >= 0.6 is 0 Å². The van der Waals surface area contributed by atoms with Gasteiger partial charge < -0.3 is 15.0 Å². The highest BCUT2D eigenvalue weighted by Gasteiger charge is 2.18. The van der Waals surface area contributed by atoms with Gasteiger partial charge in [0.05, 0.1) is 0 Å². The number of benzene rings is 1. The first kappa shape index (κ1) is 14.1. The quantitative estimate of drug-likeness (QED) is 0.875. The van der Waals surface area contributed by atoms with Crippen molar-refractivity contribution in [2.45, 2.75) is 32.9 Å². The highest BCUT2D eigenvalue weighted by atomic mass is 16.4. The summed E-state index contributed by atoms with van der Waals surface area (Å²) in [6.45, 7) is 3.79. The van der Waals surface area contributed by atoms with Gasteiger partial charge in [0.2, 0.25) is 5.91 Å². The summed E-state index contributed by atoms with van der Waals surface area (Å²) in [7, 11) is 0. The number of para-hydroxylation sites is 1. The van der Waals surface area contributed by atoms with Crippen molar-refractivity contribution in [3.63, 3.8) is 0 Å². The van der Waals surface area contributed by atoms with Gasteiger partial charge >= 0.3 is 5.97 Å². The van der Waals surface area contributed by atoms with Gasteiger partial charge in [-0.3, -0.25) is 4.79 Å². The Morgan fingerprint density at radius 1 is 1.35 bits per heavy atom. The van der Waals surface area contributed by atoms with Gasteiger partial charge in [-0.25, -0.2) is 4.79 Å². The molecule has 0 aliphatic carbocycles. The first-order chi connectivity index (χ1) is 9.52. The van der Waals surface area contributed by atoms with E-state index in [0.29, 0.717) is 6.42 Å². The Hall–Kier alpha value is -2.30. The van der Waals surface area contributed by atoms with Crippen LogP contribution in [-0.4, -0.2) is 27.6 Å². The third-order valence-electron chi connectivity index (χ3n) is 3.36. The van der Waals surface area contributed by atoms with E-state index < -0.39 is 12.0 Å². The maximum Gasteiger partial charge on any atom is 0.326 e. The van der Waals surface area contributed by atoms with Gasteiger partial charge in [-0.2, -0.15) is 0 Å². The number of fused-ring (bicyclic) bond motifs is 1. The van der Waals surface area contributed by atoms with Gasteiger partial charge in [0, 0.05) is 11.2 Å². The van der Waals surface area contributed by atoms with Crippen LogP contribution in [0.15, 0.2) is 30.3 Å². The molecule has 5 nitrogen and oxygen atoms in total. The van der Waals surface area contributed by atoms with E-state index in [1.54, 1.807) is 6.92 Å². The maximum absolute atomic E-state index is 12.0. The molecule has 1 heterocycles. The fourth-order valence-electron chi connectivity index (χ4n) is 2.28. The number of carbonyl (C=O) groups excluding carboxylic acids is 1. The summed E-state index contributed by atoms with van der Waals surface area (Å²) in [6.07, 6.45) is 0.368. The molecule has 20 heavy (non-hydrogen) atoms. The van der Waals surface area contributed by atoms with Gasteiger partial charge in [0.1, 0.15) is 12.6 Å². The average Bonchev–Trinajstić information content (AvgIpc) is 2.72. The molecule has 0 saturated heterocycles. The predicted molar refractivity (Wildman–Crippen MR) is 76.5 cm³/mol. The normalized spacial score (nSPS) is 12.3. The van der Waals surface area contributed by atoms with Crippen LogP contribution in [0.3, 0.4) is 0 Å². The lowest BCUT2D eigenvalue weighted by molar-refractivity contribution is -0.142. The SMILES string of the molecule is CC[C@@H](NC(=O)Cn1c(C)cc2ccccc21)C(=O)O. The number of aliphatic carboxylic acids is 1. The van der Waals surface area contributed by atoms with E-state index in [9.17, 15) is 9.59 Å². The summed E-state index contributed by atoms with van der Waals surface area (Å²) < 4.78 is 1.89. The molecular weight excluding hydrogens is 256 g/mol. The Bertz CT molecular complexity index is 646. The third-order valence-corrected chi connectivity index (χ3v) is 3.36. The monoisotopic (exact) mass is 274 g/mol. The van der Waals surface area contributed by atoms with Crippen LogP contribution in [0.4, 0.5) is 0 Å². The van der Waals surface area contributed by atoms with Crippen molar-refractivity contribution in [1.29, 1.82) is 0 Å². The molecule has 1 aromatic heterocycles. The summed E-state index contributed by atoms with van der Waals surface area (Å²) in [5.74, 6) is -1.29. The first-order valence-electron chi connectivity index (χ1n) is 6.60. The van der Waals surface area contributed by atoms with Crippen molar-refractivity contribution in [1.82, 2.24) is 9.88 Å². The molecule has 0 aliphatic rings. The Labute approximate surface area is 117 Å². The van der Waals surface area contributed by atoms with Gasteiger partial charge in [0.15, 0.2) is 0 Å². The van der Waals surface area contributed by atoms with Crippen LogP contribution in [0.2, 0.25) is 0 Å². The number of nitrogens with one attached hydrogen (secondary N) is 1. The molecule has 1 aromatic carbocycles. The molecule has 2 aromatic rings. The lowest BCUT2D eigenvalue weighted by atomic mass is 10.2. The van der Waals surface area contributed by atoms with Crippen LogP contribution < -0.4 is 5.32 Å². The van der Waals surface area contributed by atoms with E-state index in [4.69, 9.17) is 5.11 Å². The zero-order valence-corrected chi connectivity index (χ0v) is 11.6. The van der Waals surface area contributed by atoms with Crippen LogP contribution in [-0.2, 0) is 16.1 Å². The van der Waals surface area contributed by atoms with Crippen molar-refractivity contribution < 1.29 is 14.7 Å². The number of nitrogens with zero attached hydrogens (tertiary/aromatic N) is 1. The Kier molecular flexibility index (Phi) is 4.08. The molecule has 0 bridgehead atoms. The minimum absolute atomic E-state index is 0.128. The zero-order chi connectivity index (χ0) is 14.7. The van der Waals surface area contributed by atoms with Crippen molar-refractivity contribution in [2.75, 3.05) is 0 Å². The van der Waals surface area contributed by atoms with Crippen LogP contribution in [0.25, 0.3) is 10.9 Å². The van der Waals surface area contributed by atoms with Crippen LogP contribution in [0.1, 0.15) is 19.0 Å². The van der Waals surface area contributed by atoms with Gasteiger partial charge in [0.25, 0.3) is 0 Å². The Morgan fingerprint density at radius 2 is 2.05 bits per heavy atom. The Balaban J connectivity index is 2.18. The number of aryl methyl sites for hydroxylation is 1. The molecule has 0 fully saturated rings. The topological polar surface area (TPSA) is 71.3 Å². The van der Waals surface area contributed by atoms with Crippen molar-refractivity contribution in [3.8, 4) is 0 Å². The van der Waals surface area contributed by atoms with E-state index in [1.807, 2.05) is 41.8 Å². The molecule has 5 heteroatoms. The van der Waals surface area contributed by atoms with E-state index in [0.717, 1.165) is 16.6 Å². The van der Waals surface area contributed by atoms with E-state index in [-0.39, 0.29) is 12.5 Å². The van der Waals surface area contributed by atoms with Crippen LogP contribution in [0.5, 0.6) is 0 Å². The zero-order valence-electron chi connectivity index (χ0n) is 11.6. The van der Waals surface area contributed by atoms with Crippen molar-refractivity contribution >= 4 is 22.8 Å². The standard InChI is InChI=1S/C15H18N2O3/c1-3-12(15(19)20)16-14(18)9-17-10(2)8-11-6-4-5-7-13(11)17/h4-8,12H,3,9H2,1-2H3,(H,16,18)(H,19,20)/t12-/m1/s1. The highest BCUT2D eigenvalue weighted by Crippen LogP contribution is 2.18. The lowest BCUT2D eigenvalue weighted by Crippen LogP contribution is -2.41. The molecular formula is C15H18N2O3. The number of hydrogen-bond donors (Lipinski definition) is 2. The summed E-state index contributed by atoms with van der Waals surface area (Å²) in [5.41, 5.74) is 1.95.